The Hall–Kier alpha value is -2.45. The summed E-state index contributed by atoms with van der Waals surface area (Å²) in [4.78, 5) is 16.4. The number of aromatic nitrogens is 1. The van der Waals surface area contributed by atoms with Crippen LogP contribution in [0.3, 0.4) is 0 Å². The molecule has 1 atom stereocenters. The highest BCUT2D eigenvalue weighted by molar-refractivity contribution is 7.89. The quantitative estimate of drug-likeness (QED) is 0.855. The van der Waals surface area contributed by atoms with Crippen LogP contribution in [-0.2, 0) is 10.0 Å². The number of rotatable bonds is 4. The van der Waals surface area contributed by atoms with Gasteiger partial charge in [-0.25, -0.2) is 13.4 Å². The van der Waals surface area contributed by atoms with Gasteiger partial charge < -0.3 is 11.1 Å². The molecule has 0 saturated carbocycles. The third-order valence-electron chi connectivity index (χ3n) is 4.51. The van der Waals surface area contributed by atoms with E-state index in [9.17, 15) is 13.2 Å². The number of carbonyl (C=O) groups is 1. The fourth-order valence-electron chi connectivity index (χ4n) is 3.03. The van der Waals surface area contributed by atoms with Gasteiger partial charge in [0.1, 0.15) is 5.82 Å². The van der Waals surface area contributed by atoms with Crippen molar-refractivity contribution in [3.63, 3.8) is 0 Å². The number of sulfonamides is 1. The average molecular weight is 374 g/mol. The van der Waals surface area contributed by atoms with E-state index >= 15 is 0 Å². The molecule has 3 N–H and O–H groups in total. The molecule has 1 aliphatic heterocycles. The van der Waals surface area contributed by atoms with Crippen LogP contribution in [0.1, 0.15) is 36.5 Å². The summed E-state index contributed by atoms with van der Waals surface area (Å²) in [5, 5.41) is 2.70. The highest BCUT2D eigenvalue weighted by Crippen LogP contribution is 2.25. The largest absolute Gasteiger partial charge is 0.384 e. The Bertz CT molecular complexity index is 880. The maximum absolute atomic E-state index is 12.8. The summed E-state index contributed by atoms with van der Waals surface area (Å²) in [5.74, 6) is 0.0244. The maximum Gasteiger partial charge on any atom is 0.255 e. The predicted octanol–water partition coefficient (Wildman–Crippen LogP) is 2.48. The highest BCUT2D eigenvalue weighted by atomic mass is 32.2. The third kappa shape index (κ3) is 3.86. The van der Waals surface area contributed by atoms with E-state index in [0.717, 1.165) is 19.3 Å². The average Bonchev–Trinajstić information content (AvgIpc) is 2.64. The molecule has 1 aliphatic rings. The zero-order valence-electron chi connectivity index (χ0n) is 14.6. The van der Waals surface area contributed by atoms with Crippen LogP contribution in [0, 0.1) is 0 Å². The second-order valence-electron chi connectivity index (χ2n) is 6.41. The summed E-state index contributed by atoms with van der Waals surface area (Å²) >= 11 is 0. The molecule has 1 amide bonds. The molecule has 1 aromatic carbocycles. The third-order valence-corrected chi connectivity index (χ3v) is 6.54. The maximum atomic E-state index is 12.8. The van der Waals surface area contributed by atoms with Crippen molar-refractivity contribution in [1.82, 2.24) is 9.29 Å². The Morgan fingerprint density at radius 3 is 2.54 bits per heavy atom. The molecule has 7 nitrogen and oxygen atoms in total. The van der Waals surface area contributed by atoms with Crippen LogP contribution in [0.15, 0.2) is 47.5 Å². The number of nitrogens with zero attached hydrogens (tertiary/aromatic N) is 2. The van der Waals surface area contributed by atoms with Gasteiger partial charge in [0.25, 0.3) is 5.91 Å². The van der Waals surface area contributed by atoms with Gasteiger partial charge >= 0.3 is 0 Å². The van der Waals surface area contributed by atoms with E-state index in [1.807, 2.05) is 6.92 Å². The van der Waals surface area contributed by atoms with Gasteiger partial charge in [-0.1, -0.05) is 6.42 Å². The zero-order chi connectivity index (χ0) is 18.7. The monoisotopic (exact) mass is 374 g/mol. The van der Waals surface area contributed by atoms with Crippen LogP contribution in [0.25, 0.3) is 0 Å². The first kappa shape index (κ1) is 18.3. The highest BCUT2D eigenvalue weighted by Gasteiger charge is 2.30. The Balaban J connectivity index is 1.75. The molecule has 0 aliphatic carbocycles. The first-order valence-electron chi connectivity index (χ1n) is 8.53. The standard InChI is InChI=1S/C18H22N4O3S/c1-13-4-2-3-11-22(13)26(24,25)16-8-5-14(6-9-16)18(23)21-15-7-10-17(19)20-12-15/h5-10,12-13H,2-4,11H2,1H3,(H2,19,20)(H,21,23). The normalized spacial score (nSPS) is 18.4. The lowest BCUT2D eigenvalue weighted by molar-refractivity contribution is 0.102. The summed E-state index contributed by atoms with van der Waals surface area (Å²) in [6, 6.07) is 9.22. The molecule has 0 bridgehead atoms. The van der Waals surface area contributed by atoms with Gasteiger partial charge in [-0.05, 0) is 56.2 Å². The molecule has 0 radical (unpaired) electrons. The molecule has 1 fully saturated rings. The molecule has 1 unspecified atom stereocenters. The molecular formula is C18H22N4O3S. The second kappa shape index (κ2) is 7.43. The Labute approximate surface area is 153 Å². The van der Waals surface area contributed by atoms with E-state index in [2.05, 4.69) is 10.3 Å². The fourth-order valence-corrected chi connectivity index (χ4v) is 4.72. The molecule has 1 saturated heterocycles. The van der Waals surface area contributed by atoms with Crippen molar-refractivity contribution in [3.8, 4) is 0 Å². The van der Waals surface area contributed by atoms with Gasteiger partial charge in [0.05, 0.1) is 16.8 Å². The van der Waals surface area contributed by atoms with Crippen molar-refractivity contribution in [3.05, 3.63) is 48.2 Å². The first-order chi connectivity index (χ1) is 12.4. The Kier molecular flexibility index (Phi) is 5.24. The van der Waals surface area contributed by atoms with Gasteiger partial charge in [-0.2, -0.15) is 4.31 Å². The molecule has 2 heterocycles. The summed E-state index contributed by atoms with van der Waals surface area (Å²) in [5.41, 5.74) is 6.40. The van der Waals surface area contributed by atoms with Crippen LogP contribution in [0.5, 0.6) is 0 Å². The molecule has 26 heavy (non-hydrogen) atoms. The lowest BCUT2D eigenvalue weighted by atomic mass is 10.1. The topological polar surface area (TPSA) is 105 Å². The van der Waals surface area contributed by atoms with E-state index in [1.165, 1.54) is 30.5 Å². The van der Waals surface area contributed by atoms with Crippen LogP contribution in [-0.4, -0.2) is 36.2 Å². The minimum Gasteiger partial charge on any atom is -0.384 e. The minimum atomic E-state index is -3.54. The number of hydrogen-bond donors (Lipinski definition) is 2. The molecule has 0 spiro atoms. The number of piperidine rings is 1. The Morgan fingerprint density at radius 1 is 1.19 bits per heavy atom. The molecule has 2 aromatic rings. The predicted molar refractivity (Wildman–Crippen MR) is 100 cm³/mol. The smallest absolute Gasteiger partial charge is 0.255 e. The minimum absolute atomic E-state index is 0.00487. The van der Waals surface area contributed by atoms with Crippen molar-refractivity contribution in [1.29, 1.82) is 0 Å². The SMILES string of the molecule is CC1CCCCN1S(=O)(=O)c1ccc(C(=O)Nc2ccc(N)nc2)cc1. The van der Waals surface area contributed by atoms with Crippen molar-refractivity contribution < 1.29 is 13.2 Å². The van der Waals surface area contributed by atoms with E-state index in [0.29, 0.717) is 23.6 Å². The molecule has 138 valence electrons. The van der Waals surface area contributed by atoms with Gasteiger partial charge in [0.2, 0.25) is 10.0 Å². The van der Waals surface area contributed by atoms with Gasteiger partial charge in [-0.15, -0.1) is 0 Å². The summed E-state index contributed by atoms with van der Waals surface area (Å²) in [7, 11) is -3.54. The van der Waals surface area contributed by atoms with Crippen LogP contribution in [0.4, 0.5) is 11.5 Å². The lowest BCUT2D eigenvalue weighted by Gasteiger charge is -2.32. The van der Waals surface area contributed by atoms with Crippen molar-refractivity contribution in [2.24, 2.45) is 0 Å². The zero-order valence-corrected chi connectivity index (χ0v) is 15.4. The number of nitrogens with two attached hydrogens (primary N) is 1. The summed E-state index contributed by atoms with van der Waals surface area (Å²) in [6.45, 7) is 2.47. The van der Waals surface area contributed by atoms with Crippen LogP contribution >= 0.6 is 0 Å². The molecule has 8 heteroatoms. The number of nitrogens with one attached hydrogen (secondary N) is 1. The summed E-state index contributed by atoms with van der Waals surface area (Å²) < 4.78 is 27.2. The first-order valence-corrected chi connectivity index (χ1v) is 9.97. The van der Waals surface area contributed by atoms with E-state index in [4.69, 9.17) is 5.73 Å². The number of carbonyl (C=O) groups excluding carboxylic acids is 1. The van der Waals surface area contributed by atoms with Crippen LogP contribution < -0.4 is 11.1 Å². The number of hydrogen-bond acceptors (Lipinski definition) is 5. The molecule has 3 rings (SSSR count). The van der Waals surface area contributed by atoms with Crippen molar-refractivity contribution in [2.45, 2.75) is 37.1 Å². The van der Waals surface area contributed by atoms with E-state index < -0.39 is 10.0 Å². The summed E-state index contributed by atoms with van der Waals surface area (Å²) in [6.07, 6.45) is 4.26. The molecule has 1 aromatic heterocycles. The fraction of sp³-hybridized carbons (Fsp3) is 0.333. The van der Waals surface area contributed by atoms with E-state index in [1.54, 1.807) is 16.4 Å². The Morgan fingerprint density at radius 2 is 1.92 bits per heavy atom. The van der Waals surface area contributed by atoms with Gasteiger partial charge in [0.15, 0.2) is 0 Å². The van der Waals surface area contributed by atoms with Crippen molar-refractivity contribution in [2.75, 3.05) is 17.6 Å². The van der Waals surface area contributed by atoms with Gasteiger partial charge in [0, 0.05) is 18.2 Å². The molecular weight excluding hydrogens is 352 g/mol. The number of amides is 1. The number of benzene rings is 1. The number of anilines is 2. The number of pyridine rings is 1. The second-order valence-corrected chi connectivity index (χ2v) is 8.30. The number of nitrogen functional groups attached to an aromatic ring is 1. The van der Waals surface area contributed by atoms with E-state index in [-0.39, 0.29) is 16.8 Å². The van der Waals surface area contributed by atoms with Crippen LogP contribution in [0.2, 0.25) is 0 Å². The van der Waals surface area contributed by atoms with Gasteiger partial charge in [-0.3, -0.25) is 4.79 Å². The lowest BCUT2D eigenvalue weighted by Crippen LogP contribution is -2.41. The van der Waals surface area contributed by atoms with Crippen molar-refractivity contribution >= 4 is 27.4 Å².